The molecule has 0 unspecified atom stereocenters. The predicted octanol–water partition coefficient (Wildman–Crippen LogP) is 2.74. The summed E-state index contributed by atoms with van der Waals surface area (Å²) in [5.41, 5.74) is 0.370. The van der Waals surface area contributed by atoms with E-state index in [1.54, 1.807) is 24.3 Å². The number of ether oxygens (including phenoxy) is 1. The molecule has 0 saturated carbocycles. The quantitative estimate of drug-likeness (QED) is 0.577. The molecular formula is C9H8Cl2O2. The van der Waals surface area contributed by atoms with E-state index in [4.69, 9.17) is 27.9 Å². The molecule has 0 saturated heterocycles. The number of esters is 1. The van der Waals surface area contributed by atoms with Gasteiger partial charge < -0.3 is 4.74 Å². The third-order valence-corrected chi connectivity index (χ3v) is 1.89. The molecule has 1 rings (SSSR count). The van der Waals surface area contributed by atoms with Gasteiger partial charge in [0.25, 0.3) is 0 Å². The first-order valence-electron chi connectivity index (χ1n) is 3.73. The van der Waals surface area contributed by atoms with Crippen molar-refractivity contribution >= 4 is 29.2 Å². The standard InChI is InChI=1S/C9H8Cl2O2/c10-5-6-13-9(12)7-3-1-2-4-8(7)11/h1-4H,5-6H2. The molecule has 0 amide bonds. The van der Waals surface area contributed by atoms with Gasteiger partial charge in [0.15, 0.2) is 0 Å². The Morgan fingerprint density at radius 3 is 2.69 bits per heavy atom. The summed E-state index contributed by atoms with van der Waals surface area (Å²) in [5, 5.41) is 0.391. The number of halogens is 2. The van der Waals surface area contributed by atoms with E-state index in [9.17, 15) is 4.79 Å². The molecular weight excluding hydrogens is 211 g/mol. The molecule has 0 N–H and O–H groups in total. The van der Waals surface area contributed by atoms with Crippen molar-refractivity contribution in [2.75, 3.05) is 12.5 Å². The first kappa shape index (κ1) is 10.4. The van der Waals surface area contributed by atoms with Crippen LogP contribution >= 0.6 is 23.2 Å². The highest BCUT2D eigenvalue weighted by Gasteiger charge is 2.09. The van der Waals surface area contributed by atoms with Crippen molar-refractivity contribution in [3.63, 3.8) is 0 Å². The van der Waals surface area contributed by atoms with Crippen molar-refractivity contribution in [3.05, 3.63) is 34.9 Å². The van der Waals surface area contributed by atoms with Gasteiger partial charge in [-0.3, -0.25) is 0 Å². The van der Waals surface area contributed by atoms with Gasteiger partial charge in [-0.25, -0.2) is 4.79 Å². The lowest BCUT2D eigenvalue weighted by molar-refractivity contribution is 0.0529. The molecule has 0 aliphatic heterocycles. The van der Waals surface area contributed by atoms with E-state index in [1.807, 2.05) is 0 Å². The highest BCUT2D eigenvalue weighted by molar-refractivity contribution is 6.33. The summed E-state index contributed by atoms with van der Waals surface area (Å²) in [6, 6.07) is 6.72. The van der Waals surface area contributed by atoms with E-state index >= 15 is 0 Å². The highest BCUT2D eigenvalue weighted by atomic mass is 35.5. The smallest absolute Gasteiger partial charge is 0.339 e. The van der Waals surface area contributed by atoms with Crippen LogP contribution in [0.1, 0.15) is 10.4 Å². The van der Waals surface area contributed by atoms with E-state index in [1.165, 1.54) is 0 Å². The molecule has 0 spiro atoms. The van der Waals surface area contributed by atoms with Crippen molar-refractivity contribution in [1.29, 1.82) is 0 Å². The van der Waals surface area contributed by atoms with Gasteiger partial charge in [0.05, 0.1) is 16.5 Å². The maximum absolute atomic E-state index is 11.3. The maximum atomic E-state index is 11.3. The number of benzene rings is 1. The van der Waals surface area contributed by atoms with Gasteiger partial charge in [0.2, 0.25) is 0 Å². The lowest BCUT2D eigenvalue weighted by Crippen LogP contribution is -2.07. The fourth-order valence-electron chi connectivity index (χ4n) is 0.836. The minimum atomic E-state index is -0.439. The van der Waals surface area contributed by atoms with Crippen molar-refractivity contribution in [3.8, 4) is 0 Å². The number of carbonyl (C=O) groups is 1. The molecule has 13 heavy (non-hydrogen) atoms. The van der Waals surface area contributed by atoms with Crippen molar-refractivity contribution in [1.82, 2.24) is 0 Å². The highest BCUT2D eigenvalue weighted by Crippen LogP contribution is 2.15. The summed E-state index contributed by atoms with van der Waals surface area (Å²) in [6.45, 7) is 0.200. The van der Waals surface area contributed by atoms with Gasteiger partial charge in [0, 0.05) is 0 Å². The molecule has 0 fully saturated rings. The van der Waals surface area contributed by atoms with Gasteiger partial charge in [-0.1, -0.05) is 23.7 Å². The first-order chi connectivity index (χ1) is 6.25. The molecule has 0 aromatic heterocycles. The van der Waals surface area contributed by atoms with Gasteiger partial charge in [-0.15, -0.1) is 11.6 Å². The van der Waals surface area contributed by atoms with E-state index < -0.39 is 5.97 Å². The molecule has 0 bridgehead atoms. The van der Waals surface area contributed by atoms with Crippen molar-refractivity contribution < 1.29 is 9.53 Å². The summed E-state index contributed by atoms with van der Waals surface area (Å²) >= 11 is 11.1. The maximum Gasteiger partial charge on any atom is 0.339 e. The number of rotatable bonds is 3. The largest absolute Gasteiger partial charge is 0.461 e. The SMILES string of the molecule is O=C(OCCCl)c1ccccc1Cl. The minimum Gasteiger partial charge on any atom is -0.461 e. The van der Waals surface area contributed by atoms with Gasteiger partial charge in [-0.2, -0.15) is 0 Å². The molecule has 0 aliphatic carbocycles. The van der Waals surface area contributed by atoms with Gasteiger partial charge in [0.1, 0.15) is 6.61 Å². The van der Waals surface area contributed by atoms with Crippen molar-refractivity contribution in [2.24, 2.45) is 0 Å². The summed E-state index contributed by atoms with van der Waals surface area (Å²) < 4.78 is 4.80. The Morgan fingerprint density at radius 1 is 1.38 bits per heavy atom. The molecule has 0 heterocycles. The van der Waals surface area contributed by atoms with Gasteiger partial charge >= 0.3 is 5.97 Å². The van der Waals surface area contributed by atoms with Crippen LogP contribution in [0.3, 0.4) is 0 Å². The monoisotopic (exact) mass is 218 g/mol. The Balaban J connectivity index is 2.71. The normalized spacial score (nSPS) is 9.69. The number of carbonyl (C=O) groups excluding carboxylic acids is 1. The lowest BCUT2D eigenvalue weighted by atomic mass is 10.2. The fraction of sp³-hybridized carbons (Fsp3) is 0.222. The molecule has 0 atom stereocenters. The lowest BCUT2D eigenvalue weighted by Gasteiger charge is -2.03. The molecule has 1 aromatic carbocycles. The van der Waals surface area contributed by atoms with E-state index in [-0.39, 0.29) is 12.5 Å². The third-order valence-electron chi connectivity index (χ3n) is 1.40. The average molecular weight is 219 g/mol. The Bertz CT molecular complexity index is 299. The summed E-state index contributed by atoms with van der Waals surface area (Å²) in [6.07, 6.45) is 0. The van der Waals surface area contributed by atoms with Crippen LogP contribution in [0.25, 0.3) is 0 Å². The zero-order valence-corrected chi connectivity index (χ0v) is 8.31. The second-order valence-electron chi connectivity index (χ2n) is 2.30. The number of alkyl halides is 1. The molecule has 1 aromatic rings. The van der Waals surface area contributed by atoms with Crippen LogP contribution in [0, 0.1) is 0 Å². The van der Waals surface area contributed by atoms with Crippen molar-refractivity contribution in [2.45, 2.75) is 0 Å². The average Bonchev–Trinajstić information content (AvgIpc) is 2.15. The molecule has 0 aliphatic rings. The van der Waals surface area contributed by atoms with Crippen LogP contribution in [-0.2, 0) is 4.74 Å². The minimum absolute atomic E-state index is 0.200. The summed E-state index contributed by atoms with van der Waals surface area (Å²) in [4.78, 5) is 11.3. The Morgan fingerprint density at radius 2 is 2.08 bits per heavy atom. The molecule has 0 radical (unpaired) electrons. The van der Waals surface area contributed by atoms with Gasteiger partial charge in [-0.05, 0) is 12.1 Å². The van der Waals surface area contributed by atoms with Crippen LogP contribution in [0.4, 0.5) is 0 Å². The van der Waals surface area contributed by atoms with E-state index in [0.717, 1.165) is 0 Å². The number of hydrogen-bond acceptors (Lipinski definition) is 2. The Labute approximate surface area is 86.4 Å². The summed E-state index contributed by atoms with van der Waals surface area (Å²) in [5.74, 6) is -0.151. The summed E-state index contributed by atoms with van der Waals surface area (Å²) in [7, 11) is 0. The van der Waals surface area contributed by atoms with Crippen LogP contribution in [0.15, 0.2) is 24.3 Å². The van der Waals surface area contributed by atoms with Crippen LogP contribution in [0.5, 0.6) is 0 Å². The van der Waals surface area contributed by atoms with Crippen LogP contribution in [-0.4, -0.2) is 18.5 Å². The van der Waals surface area contributed by atoms with E-state index in [0.29, 0.717) is 10.6 Å². The second-order valence-corrected chi connectivity index (χ2v) is 3.09. The second kappa shape index (κ2) is 5.10. The van der Waals surface area contributed by atoms with E-state index in [2.05, 4.69) is 0 Å². The zero-order valence-electron chi connectivity index (χ0n) is 6.80. The Kier molecular flexibility index (Phi) is 4.06. The molecule has 2 nitrogen and oxygen atoms in total. The van der Waals surface area contributed by atoms with Crippen LogP contribution in [0.2, 0.25) is 5.02 Å². The molecule has 4 heteroatoms. The topological polar surface area (TPSA) is 26.3 Å². The first-order valence-corrected chi connectivity index (χ1v) is 4.64. The predicted molar refractivity (Wildman–Crippen MR) is 52.5 cm³/mol. The zero-order chi connectivity index (χ0) is 9.68. The van der Waals surface area contributed by atoms with Crippen LogP contribution < -0.4 is 0 Å². The Hall–Kier alpha value is -0.730. The fourth-order valence-corrected chi connectivity index (χ4v) is 1.13. The molecule has 70 valence electrons. The third kappa shape index (κ3) is 2.90. The number of hydrogen-bond donors (Lipinski definition) is 0.